The van der Waals surface area contributed by atoms with Crippen LogP contribution in [0.1, 0.15) is 5.56 Å². The van der Waals surface area contributed by atoms with Gasteiger partial charge >= 0.3 is 0 Å². The van der Waals surface area contributed by atoms with E-state index in [-0.39, 0.29) is 0 Å². The first kappa shape index (κ1) is 8.53. The third kappa shape index (κ3) is 3.56. The first-order valence-corrected chi connectivity index (χ1v) is 3.52. The zero-order valence-corrected chi connectivity index (χ0v) is 6.60. The average Bonchev–Trinajstić information content (AvgIpc) is 2.62. The normalized spacial score (nSPS) is 8.42. The zero-order valence-electron chi connectivity index (χ0n) is 6.60. The van der Waals surface area contributed by atoms with Crippen molar-refractivity contribution < 1.29 is 4.42 Å². The molecule has 2 rings (SSSR count). The lowest BCUT2D eigenvalue weighted by Crippen LogP contribution is -1.62. The molecule has 2 heteroatoms. The summed E-state index contributed by atoms with van der Waals surface area (Å²) in [7, 11) is 0. The summed E-state index contributed by atoms with van der Waals surface area (Å²) in [6, 6.07) is 9.87. The predicted octanol–water partition coefficient (Wildman–Crippen LogP) is 2.34. The SMILES string of the molecule is [CH2]c1ccccc1.[c]1ncco1. The summed E-state index contributed by atoms with van der Waals surface area (Å²) in [6.45, 7) is 3.72. The number of hydrogen-bond donors (Lipinski definition) is 0. The maximum absolute atomic E-state index is 4.35. The first-order valence-electron chi connectivity index (χ1n) is 3.52. The van der Waals surface area contributed by atoms with Gasteiger partial charge in [0.15, 0.2) is 0 Å². The van der Waals surface area contributed by atoms with E-state index >= 15 is 0 Å². The Morgan fingerprint density at radius 3 is 2.25 bits per heavy atom. The molecule has 0 spiro atoms. The molecular weight excluding hydrogens is 150 g/mol. The van der Waals surface area contributed by atoms with E-state index in [1.165, 1.54) is 12.5 Å². The summed E-state index contributed by atoms with van der Waals surface area (Å²) in [4.78, 5) is 3.43. The molecule has 0 atom stereocenters. The van der Waals surface area contributed by atoms with E-state index in [0.29, 0.717) is 0 Å². The van der Waals surface area contributed by atoms with E-state index in [4.69, 9.17) is 0 Å². The molecule has 12 heavy (non-hydrogen) atoms. The van der Waals surface area contributed by atoms with Gasteiger partial charge in [0.25, 0.3) is 6.39 Å². The topological polar surface area (TPSA) is 26.0 Å². The van der Waals surface area contributed by atoms with Crippen molar-refractivity contribution in [3.8, 4) is 0 Å². The van der Waals surface area contributed by atoms with Crippen LogP contribution >= 0.6 is 0 Å². The largest absolute Gasteiger partial charge is 0.441 e. The maximum Gasteiger partial charge on any atom is 0.283 e. The summed E-state index contributed by atoms with van der Waals surface area (Å²) in [6.07, 6.45) is 5.22. The van der Waals surface area contributed by atoms with Crippen molar-refractivity contribution in [2.45, 2.75) is 0 Å². The molecular formula is C10H9NO. The van der Waals surface area contributed by atoms with E-state index in [1.807, 2.05) is 30.3 Å². The molecule has 0 N–H and O–H groups in total. The van der Waals surface area contributed by atoms with Crippen molar-refractivity contribution >= 4 is 0 Å². The molecule has 2 radical (unpaired) electrons. The second kappa shape index (κ2) is 5.13. The Labute approximate surface area is 71.9 Å². The molecule has 1 aromatic carbocycles. The molecule has 0 amide bonds. The highest BCUT2D eigenvalue weighted by Gasteiger charge is 1.72. The van der Waals surface area contributed by atoms with Crippen LogP contribution in [-0.2, 0) is 0 Å². The summed E-state index contributed by atoms with van der Waals surface area (Å²) < 4.78 is 4.35. The number of nitrogens with zero attached hydrogens (tertiary/aromatic N) is 1. The number of benzene rings is 1. The van der Waals surface area contributed by atoms with Gasteiger partial charge in [0.05, 0.1) is 6.20 Å². The van der Waals surface area contributed by atoms with Crippen molar-refractivity contribution in [3.05, 3.63) is 61.7 Å². The van der Waals surface area contributed by atoms with E-state index in [1.54, 1.807) is 0 Å². The lowest BCUT2D eigenvalue weighted by Gasteiger charge is -1.82. The molecule has 1 aromatic heterocycles. The van der Waals surface area contributed by atoms with Crippen LogP contribution in [0.25, 0.3) is 0 Å². The molecule has 0 saturated heterocycles. The molecule has 0 fully saturated rings. The third-order valence-corrected chi connectivity index (χ3v) is 1.15. The molecule has 0 aliphatic carbocycles. The minimum atomic E-state index is 1.07. The molecule has 0 unspecified atom stereocenters. The van der Waals surface area contributed by atoms with Crippen LogP contribution in [0.2, 0.25) is 0 Å². The van der Waals surface area contributed by atoms with Crippen LogP contribution in [0.4, 0.5) is 0 Å². The van der Waals surface area contributed by atoms with Gasteiger partial charge in [-0.05, 0) is 12.5 Å². The number of oxazole rings is 1. The van der Waals surface area contributed by atoms with Crippen LogP contribution in [0.3, 0.4) is 0 Å². The Hall–Kier alpha value is -1.57. The van der Waals surface area contributed by atoms with Crippen molar-refractivity contribution in [3.63, 3.8) is 0 Å². The maximum atomic E-state index is 4.35. The summed E-state index contributed by atoms with van der Waals surface area (Å²) in [5.74, 6) is 0. The fraction of sp³-hybridized carbons (Fsp3) is 0. The van der Waals surface area contributed by atoms with Gasteiger partial charge in [-0.2, -0.15) is 0 Å². The van der Waals surface area contributed by atoms with E-state index < -0.39 is 0 Å². The van der Waals surface area contributed by atoms with Crippen molar-refractivity contribution in [2.75, 3.05) is 0 Å². The molecule has 60 valence electrons. The molecule has 2 aromatic rings. The fourth-order valence-corrected chi connectivity index (χ4v) is 0.630. The zero-order chi connectivity index (χ0) is 8.65. The highest BCUT2D eigenvalue weighted by molar-refractivity contribution is 5.16. The highest BCUT2D eigenvalue weighted by Crippen LogP contribution is 1.92. The quantitative estimate of drug-likeness (QED) is 0.589. The standard InChI is InChI=1S/C7H7.C3H2NO/c1-7-5-3-2-4-6-7;1-2-5-3-4-1/h2-6H,1H2;1-2H. The summed E-state index contributed by atoms with van der Waals surface area (Å²) in [5.41, 5.74) is 1.07. The van der Waals surface area contributed by atoms with Crippen LogP contribution in [-0.4, -0.2) is 4.98 Å². The molecule has 2 nitrogen and oxygen atoms in total. The van der Waals surface area contributed by atoms with Crippen LogP contribution in [0.5, 0.6) is 0 Å². The van der Waals surface area contributed by atoms with Gasteiger partial charge in [0.2, 0.25) is 0 Å². The Kier molecular flexibility index (Phi) is 3.64. The molecule has 0 saturated carbocycles. The summed E-state index contributed by atoms with van der Waals surface area (Å²) in [5, 5.41) is 0. The van der Waals surface area contributed by atoms with Gasteiger partial charge < -0.3 is 4.42 Å². The van der Waals surface area contributed by atoms with Crippen LogP contribution < -0.4 is 0 Å². The van der Waals surface area contributed by atoms with Gasteiger partial charge in [0.1, 0.15) is 6.26 Å². The third-order valence-electron chi connectivity index (χ3n) is 1.15. The van der Waals surface area contributed by atoms with Gasteiger partial charge in [-0.25, -0.2) is 4.98 Å². The predicted molar refractivity (Wildman–Crippen MR) is 46.2 cm³/mol. The Bertz CT molecular complexity index is 259. The summed E-state index contributed by atoms with van der Waals surface area (Å²) >= 11 is 0. The highest BCUT2D eigenvalue weighted by atomic mass is 16.3. The van der Waals surface area contributed by atoms with E-state index in [9.17, 15) is 0 Å². The second-order valence-corrected chi connectivity index (χ2v) is 2.11. The van der Waals surface area contributed by atoms with Gasteiger partial charge in [0, 0.05) is 0 Å². The lowest BCUT2D eigenvalue weighted by atomic mass is 10.2. The molecule has 0 aliphatic heterocycles. The number of aromatic nitrogens is 1. The van der Waals surface area contributed by atoms with Gasteiger partial charge in [-0.15, -0.1) is 0 Å². The van der Waals surface area contributed by atoms with E-state index in [0.717, 1.165) is 5.56 Å². The number of hydrogen-bond acceptors (Lipinski definition) is 2. The second-order valence-electron chi connectivity index (χ2n) is 2.11. The first-order chi connectivity index (χ1) is 5.89. The molecule has 0 aliphatic rings. The van der Waals surface area contributed by atoms with E-state index in [2.05, 4.69) is 22.7 Å². The van der Waals surface area contributed by atoms with Gasteiger partial charge in [-0.3, -0.25) is 0 Å². The Morgan fingerprint density at radius 1 is 1.25 bits per heavy atom. The number of rotatable bonds is 0. The Balaban J connectivity index is 0.000000127. The minimum absolute atomic E-state index is 1.07. The monoisotopic (exact) mass is 159 g/mol. The fourth-order valence-electron chi connectivity index (χ4n) is 0.630. The van der Waals surface area contributed by atoms with Crippen LogP contribution in [0, 0.1) is 13.3 Å². The minimum Gasteiger partial charge on any atom is -0.441 e. The molecule has 1 heterocycles. The van der Waals surface area contributed by atoms with Gasteiger partial charge in [-0.1, -0.05) is 30.3 Å². The average molecular weight is 159 g/mol. The smallest absolute Gasteiger partial charge is 0.283 e. The van der Waals surface area contributed by atoms with Crippen molar-refractivity contribution in [1.29, 1.82) is 0 Å². The Morgan fingerprint density at radius 2 is 2.00 bits per heavy atom. The van der Waals surface area contributed by atoms with Crippen LogP contribution in [0.15, 0.2) is 47.2 Å². The van der Waals surface area contributed by atoms with Crippen molar-refractivity contribution in [2.24, 2.45) is 0 Å². The van der Waals surface area contributed by atoms with Crippen molar-refractivity contribution in [1.82, 2.24) is 4.98 Å². The lowest BCUT2D eigenvalue weighted by molar-refractivity contribution is 0.548. The molecule has 0 bridgehead atoms.